The molecule has 0 spiro atoms. The van der Waals surface area contributed by atoms with Gasteiger partial charge in [0, 0.05) is 35.1 Å². The molecule has 2 aromatic carbocycles. The molecule has 28 heavy (non-hydrogen) atoms. The Kier molecular flexibility index (Phi) is 5.58. The minimum Gasteiger partial charge on any atom is -0.496 e. The molecule has 0 saturated heterocycles. The number of aldehydes is 1. The maximum Gasteiger partial charge on any atom is 0.243 e. The van der Waals surface area contributed by atoms with Crippen LogP contribution in [0.25, 0.3) is 22.2 Å². The quantitative estimate of drug-likeness (QED) is 0.608. The Labute approximate surface area is 165 Å². The maximum absolute atomic E-state index is 12.9. The van der Waals surface area contributed by atoms with Gasteiger partial charge in [0.2, 0.25) is 10.0 Å². The smallest absolute Gasteiger partial charge is 0.243 e. The predicted molar refractivity (Wildman–Crippen MR) is 111 cm³/mol. The fourth-order valence-corrected chi connectivity index (χ4v) is 4.90. The van der Waals surface area contributed by atoms with Crippen molar-refractivity contribution in [1.29, 1.82) is 0 Å². The number of methoxy groups -OCH3 is 1. The van der Waals surface area contributed by atoms with Crippen LogP contribution in [-0.4, -0.2) is 44.2 Å². The first-order chi connectivity index (χ1) is 13.4. The third-order valence-corrected chi connectivity index (χ3v) is 6.94. The summed E-state index contributed by atoms with van der Waals surface area (Å²) in [7, 11) is -2.04. The fourth-order valence-electron chi connectivity index (χ4n) is 3.42. The third kappa shape index (κ3) is 3.31. The van der Waals surface area contributed by atoms with E-state index in [9.17, 15) is 13.2 Å². The van der Waals surface area contributed by atoms with Crippen molar-refractivity contribution < 1.29 is 17.9 Å². The summed E-state index contributed by atoms with van der Waals surface area (Å²) in [5.74, 6) is 0.635. The number of benzene rings is 2. The predicted octanol–water partition coefficient (Wildman–Crippen LogP) is 3.99. The molecule has 3 aromatic rings. The number of ether oxygens (including phenoxy) is 1. The summed E-state index contributed by atoms with van der Waals surface area (Å²) in [6, 6.07) is 10.5. The summed E-state index contributed by atoms with van der Waals surface area (Å²) >= 11 is 0. The summed E-state index contributed by atoms with van der Waals surface area (Å²) < 4.78 is 32.6. The molecule has 6 nitrogen and oxygen atoms in total. The second-order valence-corrected chi connectivity index (χ2v) is 8.47. The second-order valence-electron chi connectivity index (χ2n) is 6.53. The minimum atomic E-state index is -3.61. The van der Waals surface area contributed by atoms with E-state index in [1.807, 2.05) is 25.1 Å². The molecule has 0 aliphatic rings. The number of aromatic nitrogens is 1. The summed E-state index contributed by atoms with van der Waals surface area (Å²) in [6.45, 7) is 6.33. The number of aromatic amines is 1. The molecule has 0 aliphatic carbocycles. The zero-order valence-electron chi connectivity index (χ0n) is 16.4. The van der Waals surface area contributed by atoms with E-state index in [2.05, 4.69) is 4.98 Å². The van der Waals surface area contributed by atoms with Crippen molar-refractivity contribution in [2.45, 2.75) is 25.7 Å². The molecule has 7 heteroatoms. The van der Waals surface area contributed by atoms with E-state index in [1.54, 1.807) is 39.2 Å². The van der Waals surface area contributed by atoms with Crippen molar-refractivity contribution in [3.8, 4) is 17.0 Å². The number of hydrogen-bond donors (Lipinski definition) is 1. The SMILES string of the molecule is CCN(CC)S(=O)(=O)c1ccc2[nH]c(-c3cc(C)ccc3OC)c(C=O)c2c1. The van der Waals surface area contributed by atoms with Gasteiger partial charge in [-0.25, -0.2) is 8.42 Å². The lowest BCUT2D eigenvalue weighted by atomic mass is 10.0. The standard InChI is InChI=1S/C21H24N2O4S/c1-5-23(6-2)28(25,26)15-8-9-19-16(12-15)18(13-24)21(22-19)17-11-14(3)7-10-20(17)27-4/h7-13,22H,5-6H2,1-4H3. The number of rotatable bonds is 7. The molecule has 0 radical (unpaired) electrons. The Bertz CT molecular complexity index is 1130. The van der Waals surface area contributed by atoms with Crippen LogP contribution in [0.15, 0.2) is 41.3 Å². The summed E-state index contributed by atoms with van der Waals surface area (Å²) in [5, 5.41) is 0.571. The van der Waals surface area contributed by atoms with Crippen LogP contribution in [0.1, 0.15) is 29.8 Å². The molecule has 1 heterocycles. The highest BCUT2D eigenvalue weighted by atomic mass is 32.2. The van der Waals surface area contributed by atoms with Gasteiger partial charge in [0.05, 0.1) is 17.7 Å². The number of nitrogens with one attached hydrogen (secondary N) is 1. The van der Waals surface area contributed by atoms with Crippen LogP contribution in [0.5, 0.6) is 5.75 Å². The number of fused-ring (bicyclic) bond motifs is 1. The second kappa shape index (κ2) is 7.77. The highest BCUT2D eigenvalue weighted by molar-refractivity contribution is 7.89. The van der Waals surface area contributed by atoms with Crippen molar-refractivity contribution in [3.05, 3.63) is 47.5 Å². The Balaban J connectivity index is 2.25. The van der Waals surface area contributed by atoms with Crippen molar-refractivity contribution in [1.82, 2.24) is 9.29 Å². The van der Waals surface area contributed by atoms with Gasteiger partial charge in [-0.2, -0.15) is 4.31 Å². The molecule has 1 N–H and O–H groups in total. The Morgan fingerprint density at radius 3 is 2.43 bits per heavy atom. The fraction of sp³-hybridized carbons (Fsp3) is 0.286. The van der Waals surface area contributed by atoms with Gasteiger partial charge in [-0.1, -0.05) is 25.5 Å². The molecule has 0 fully saturated rings. The van der Waals surface area contributed by atoms with Crippen molar-refractivity contribution >= 4 is 27.2 Å². The largest absolute Gasteiger partial charge is 0.496 e. The average molecular weight is 401 g/mol. The zero-order chi connectivity index (χ0) is 20.5. The van der Waals surface area contributed by atoms with Crippen LogP contribution in [0, 0.1) is 6.92 Å². The molecule has 1 aromatic heterocycles. The topological polar surface area (TPSA) is 79.5 Å². The van der Waals surface area contributed by atoms with Crippen LogP contribution < -0.4 is 4.74 Å². The molecule has 0 bridgehead atoms. The van der Waals surface area contributed by atoms with Gasteiger partial charge < -0.3 is 9.72 Å². The molecule has 0 atom stereocenters. The summed E-state index contributed by atoms with van der Waals surface area (Å²) in [6.07, 6.45) is 0.754. The molecule has 148 valence electrons. The van der Waals surface area contributed by atoms with Crippen LogP contribution >= 0.6 is 0 Å². The maximum atomic E-state index is 12.9. The van der Waals surface area contributed by atoms with Gasteiger partial charge in [-0.15, -0.1) is 0 Å². The minimum absolute atomic E-state index is 0.175. The highest BCUT2D eigenvalue weighted by Gasteiger charge is 2.24. The van der Waals surface area contributed by atoms with E-state index < -0.39 is 10.0 Å². The molecule has 0 aliphatic heterocycles. The molecular weight excluding hydrogens is 376 g/mol. The van der Waals surface area contributed by atoms with Crippen molar-refractivity contribution in [2.24, 2.45) is 0 Å². The summed E-state index contributed by atoms with van der Waals surface area (Å²) in [5.41, 5.74) is 3.50. The zero-order valence-corrected chi connectivity index (χ0v) is 17.3. The van der Waals surface area contributed by atoms with E-state index in [-0.39, 0.29) is 4.90 Å². The highest BCUT2D eigenvalue weighted by Crippen LogP contribution is 2.36. The van der Waals surface area contributed by atoms with Crippen LogP contribution in [0.4, 0.5) is 0 Å². The molecule has 0 saturated carbocycles. The van der Waals surface area contributed by atoms with E-state index in [4.69, 9.17) is 4.74 Å². The van der Waals surface area contributed by atoms with E-state index in [0.29, 0.717) is 41.0 Å². The first kappa shape index (κ1) is 20.1. The van der Waals surface area contributed by atoms with Crippen LogP contribution in [0.3, 0.4) is 0 Å². The Morgan fingerprint density at radius 2 is 1.82 bits per heavy atom. The normalized spacial score (nSPS) is 11.9. The Hall–Kier alpha value is -2.64. The van der Waals surface area contributed by atoms with Crippen LogP contribution in [-0.2, 0) is 10.0 Å². The summed E-state index contributed by atoms with van der Waals surface area (Å²) in [4.78, 5) is 15.4. The lowest BCUT2D eigenvalue weighted by molar-refractivity contribution is 0.112. The lowest BCUT2D eigenvalue weighted by Gasteiger charge is -2.18. The van der Waals surface area contributed by atoms with Crippen molar-refractivity contribution in [2.75, 3.05) is 20.2 Å². The monoisotopic (exact) mass is 400 g/mol. The van der Waals surface area contributed by atoms with E-state index in [0.717, 1.165) is 17.4 Å². The first-order valence-corrected chi connectivity index (χ1v) is 10.6. The molecule has 3 rings (SSSR count). The van der Waals surface area contributed by atoms with Crippen LogP contribution in [0.2, 0.25) is 0 Å². The van der Waals surface area contributed by atoms with E-state index in [1.165, 1.54) is 4.31 Å². The van der Waals surface area contributed by atoms with Crippen molar-refractivity contribution in [3.63, 3.8) is 0 Å². The number of carbonyl (C=O) groups is 1. The average Bonchev–Trinajstić information content (AvgIpc) is 3.06. The van der Waals surface area contributed by atoms with Gasteiger partial charge in [0.25, 0.3) is 0 Å². The molecule has 0 unspecified atom stereocenters. The van der Waals surface area contributed by atoms with Gasteiger partial charge in [-0.3, -0.25) is 4.79 Å². The van der Waals surface area contributed by atoms with Gasteiger partial charge in [0.15, 0.2) is 6.29 Å². The number of H-pyrrole nitrogens is 1. The number of aryl methyl sites for hydroxylation is 1. The van der Waals surface area contributed by atoms with E-state index >= 15 is 0 Å². The lowest BCUT2D eigenvalue weighted by Crippen LogP contribution is -2.30. The number of sulfonamides is 1. The third-order valence-electron chi connectivity index (χ3n) is 4.90. The molecule has 0 amide bonds. The first-order valence-electron chi connectivity index (χ1n) is 9.13. The number of nitrogens with zero attached hydrogens (tertiary/aromatic N) is 1. The van der Waals surface area contributed by atoms with Gasteiger partial charge in [-0.05, 0) is 37.3 Å². The Morgan fingerprint density at radius 1 is 1.11 bits per heavy atom. The van der Waals surface area contributed by atoms with Gasteiger partial charge in [0.1, 0.15) is 5.75 Å². The van der Waals surface area contributed by atoms with Gasteiger partial charge >= 0.3 is 0 Å². The number of carbonyl (C=O) groups excluding carboxylic acids is 1. The molecular formula is C21H24N2O4S. The number of hydrogen-bond acceptors (Lipinski definition) is 4.